The predicted octanol–water partition coefficient (Wildman–Crippen LogP) is 1.27. The number of nitrogens with zero attached hydrogens (tertiary/aromatic N) is 4. The fraction of sp³-hybridized carbons (Fsp3) is 0.467. The molecule has 122 valence electrons. The molecule has 0 radical (unpaired) electrons. The summed E-state index contributed by atoms with van der Waals surface area (Å²) < 4.78 is 1.71. The lowest BCUT2D eigenvalue weighted by Crippen LogP contribution is -2.40. The molecule has 2 N–H and O–H groups in total. The van der Waals surface area contributed by atoms with E-state index in [-0.39, 0.29) is 17.7 Å². The number of aromatic nitrogens is 3. The van der Waals surface area contributed by atoms with Gasteiger partial charge in [0.2, 0.25) is 5.91 Å². The Bertz CT molecular complexity index is 723. The standard InChI is InChI=1S/C15H19N5O2S/c1-19-9-11(6-18-19)14-17-7-12(23-14)15(22)20-4-2-3-10(8-20)5-13(16)21/h6-7,9-10H,2-5,8H2,1H3,(H2,16,21). The van der Waals surface area contributed by atoms with Crippen LogP contribution in [0.15, 0.2) is 18.6 Å². The maximum atomic E-state index is 12.6. The number of rotatable bonds is 4. The normalized spacial score (nSPS) is 18.1. The molecule has 2 aromatic heterocycles. The molecular weight excluding hydrogens is 314 g/mol. The Kier molecular flexibility index (Phi) is 4.42. The molecule has 23 heavy (non-hydrogen) atoms. The molecule has 1 fully saturated rings. The summed E-state index contributed by atoms with van der Waals surface area (Å²) in [5, 5.41) is 4.90. The average Bonchev–Trinajstić information content (AvgIpc) is 3.15. The SMILES string of the molecule is Cn1cc(-c2ncc(C(=O)N3CCCC(CC(N)=O)C3)s2)cn1. The van der Waals surface area contributed by atoms with Crippen molar-refractivity contribution in [1.29, 1.82) is 0 Å². The molecule has 1 saturated heterocycles. The Morgan fingerprint density at radius 1 is 1.43 bits per heavy atom. The fourth-order valence-corrected chi connectivity index (χ4v) is 3.75. The van der Waals surface area contributed by atoms with Gasteiger partial charge in [-0.2, -0.15) is 5.10 Å². The number of amides is 2. The van der Waals surface area contributed by atoms with E-state index in [0.717, 1.165) is 23.4 Å². The van der Waals surface area contributed by atoms with Gasteiger partial charge in [0.05, 0.1) is 12.4 Å². The van der Waals surface area contributed by atoms with Crippen molar-refractivity contribution in [2.24, 2.45) is 18.7 Å². The second-order valence-electron chi connectivity index (χ2n) is 5.86. The topological polar surface area (TPSA) is 94.1 Å². The van der Waals surface area contributed by atoms with Crippen molar-refractivity contribution in [2.45, 2.75) is 19.3 Å². The van der Waals surface area contributed by atoms with Crippen molar-refractivity contribution in [3.63, 3.8) is 0 Å². The van der Waals surface area contributed by atoms with Crippen LogP contribution in [0, 0.1) is 5.92 Å². The van der Waals surface area contributed by atoms with E-state index in [1.165, 1.54) is 11.3 Å². The van der Waals surface area contributed by atoms with Gasteiger partial charge in [0.25, 0.3) is 5.91 Å². The smallest absolute Gasteiger partial charge is 0.265 e. The Labute approximate surface area is 138 Å². The van der Waals surface area contributed by atoms with Gasteiger partial charge < -0.3 is 10.6 Å². The lowest BCUT2D eigenvalue weighted by molar-refractivity contribution is -0.119. The third kappa shape index (κ3) is 3.58. The van der Waals surface area contributed by atoms with Crippen LogP contribution in [0.5, 0.6) is 0 Å². The number of likely N-dealkylation sites (tertiary alicyclic amines) is 1. The molecule has 1 unspecified atom stereocenters. The second kappa shape index (κ2) is 6.49. The van der Waals surface area contributed by atoms with E-state index in [0.29, 0.717) is 24.4 Å². The summed E-state index contributed by atoms with van der Waals surface area (Å²) in [6, 6.07) is 0. The molecule has 7 nitrogen and oxygen atoms in total. The molecule has 0 aromatic carbocycles. The van der Waals surface area contributed by atoms with Gasteiger partial charge in [-0.3, -0.25) is 14.3 Å². The molecule has 1 aliphatic rings. The number of hydrogen-bond acceptors (Lipinski definition) is 5. The second-order valence-corrected chi connectivity index (χ2v) is 6.89. The number of nitrogens with two attached hydrogens (primary N) is 1. The van der Waals surface area contributed by atoms with Crippen molar-refractivity contribution in [2.75, 3.05) is 13.1 Å². The van der Waals surface area contributed by atoms with Gasteiger partial charge in [0, 0.05) is 38.3 Å². The highest BCUT2D eigenvalue weighted by molar-refractivity contribution is 7.16. The molecule has 1 atom stereocenters. The molecule has 0 aliphatic carbocycles. The van der Waals surface area contributed by atoms with Gasteiger partial charge >= 0.3 is 0 Å². The summed E-state index contributed by atoms with van der Waals surface area (Å²) >= 11 is 1.37. The number of carbonyl (C=O) groups excluding carboxylic acids is 2. The zero-order chi connectivity index (χ0) is 16.4. The van der Waals surface area contributed by atoms with Crippen LogP contribution >= 0.6 is 11.3 Å². The first kappa shape index (κ1) is 15.7. The van der Waals surface area contributed by atoms with Crippen LogP contribution in [0.25, 0.3) is 10.6 Å². The fourth-order valence-electron chi connectivity index (χ4n) is 2.89. The Balaban J connectivity index is 1.70. The third-order valence-electron chi connectivity index (χ3n) is 3.96. The summed E-state index contributed by atoms with van der Waals surface area (Å²) in [4.78, 5) is 30.5. The van der Waals surface area contributed by atoms with Crippen LogP contribution in [0.1, 0.15) is 28.9 Å². The minimum absolute atomic E-state index is 0.0215. The molecule has 0 spiro atoms. The highest BCUT2D eigenvalue weighted by atomic mass is 32.1. The molecule has 8 heteroatoms. The number of hydrogen-bond donors (Lipinski definition) is 1. The van der Waals surface area contributed by atoms with Gasteiger partial charge in [-0.05, 0) is 18.8 Å². The van der Waals surface area contributed by atoms with Crippen LogP contribution in [0.2, 0.25) is 0 Å². The number of aryl methyl sites for hydroxylation is 1. The molecule has 0 bridgehead atoms. The van der Waals surface area contributed by atoms with E-state index in [1.807, 2.05) is 13.2 Å². The van der Waals surface area contributed by atoms with Crippen molar-refractivity contribution in [3.05, 3.63) is 23.5 Å². The van der Waals surface area contributed by atoms with Gasteiger partial charge in [0.1, 0.15) is 9.88 Å². The Morgan fingerprint density at radius 2 is 2.26 bits per heavy atom. The number of piperidine rings is 1. The molecule has 3 heterocycles. The van der Waals surface area contributed by atoms with Gasteiger partial charge in [0.15, 0.2) is 0 Å². The minimum atomic E-state index is -0.305. The zero-order valence-electron chi connectivity index (χ0n) is 12.9. The van der Waals surface area contributed by atoms with Gasteiger partial charge in [-0.1, -0.05) is 0 Å². The lowest BCUT2D eigenvalue weighted by atomic mass is 9.94. The highest BCUT2D eigenvalue weighted by Gasteiger charge is 2.26. The molecule has 2 aromatic rings. The quantitative estimate of drug-likeness (QED) is 0.911. The average molecular weight is 333 g/mol. The van der Waals surface area contributed by atoms with Crippen molar-refractivity contribution >= 4 is 23.2 Å². The molecule has 1 aliphatic heterocycles. The molecule has 3 rings (SSSR count). The van der Waals surface area contributed by atoms with E-state index in [9.17, 15) is 9.59 Å². The maximum absolute atomic E-state index is 12.6. The first-order chi connectivity index (χ1) is 11.0. The molecule has 2 amide bonds. The lowest BCUT2D eigenvalue weighted by Gasteiger charge is -2.31. The van der Waals surface area contributed by atoms with Crippen molar-refractivity contribution in [1.82, 2.24) is 19.7 Å². The number of carbonyl (C=O) groups is 2. The first-order valence-corrected chi connectivity index (χ1v) is 8.37. The number of primary amides is 1. The Morgan fingerprint density at radius 3 is 2.96 bits per heavy atom. The summed E-state index contributed by atoms with van der Waals surface area (Å²) in [7, 11) is 1.84. The first-order valence-electron chi connectivity index (χ1n) is 7.55. The largest absolute Gasteiger partial charge is 0.370 e. The molecule has 0 saturated carbocycles. The van der Waals surface area contributed by atoms with E-state index in [4.69, 9.17) is 5.73 Å². The van der Waals surface area contributed by atoms with Crippen LogP contribution in [-0.4, -0.2) is 44.6 Å². The predicted molar refractivity (Wildman–Crippen MR) is 86.8 cm³/mol. The summed E-state index contributed by atoms with van der Waals surface area (Å²) in [6.07, 6.45) is 7.41. The van der Waals surface area contributed by atoms with E-state index in [2.05, 4.69) is 10.1 Å². The zero-order valence-corrected chi connectivity index (χ0v) is 13.8. The van der Waals surface area contributed by atoms with Crippen LogP contribution in [0.4, 0.5) is 0 Å². The Hall–Kier alpha value is -2.22. The summed E-state index contributed by atoms with van der Waals surface area (Å²) in [5.41, 5.74) is 6.17. The van der Waals surface area contributed by atoms with Crippen LogP contribution in [0.3, 0.4) is 0 Å². The van der Waals surface area contributed by atoms with Gasteiger partial charge in [-0.15, -0.1) is 11.3 Å². The maximum Gasteiger partial charge on any atom is 0.265 e. The van der Waals surface area contributed by atoms with Crippen molar-refractivity contribution in [3.8, 4) is 10.6 Å². The summed E-state index contributed by atoms with van der Waals surface area (Å²) in [6.45, 7) is 1.30. The van der Waals surface area contributed by atoms with Crippen LogP contribution in [-0.2, 0) is 11.8 Å². The highest BCUT2D eigenvalue weighted by Crippen LogP contribution is 2.27. The van der Waals surface area contributed by atoms with E-state index < -0.39 is 0 Å². The van der Waals surface area contributed by atoms with Crippen molar-refractivity contribution < 1.29 is 9.59 Å². The summed E-state index contributed by atoms with van der Waals surface area (Å²) in [5.74, 6) is -0.163. The van der Waals surface area contributed by atoms with E-state index in [1.54, 1.807) is 22.0 Å². The van der Waals surface area contributed by atoms with Crippen LogP contribution < -0.4 is 5.73 Å². The third-order valence-corrected chi connectivity index (χ3v) is 5.00. The monoisotopic (exact) mass is 333 g/mol. The number of thiazole rings is 1. The van der Waals surface area contributed by atoms with Gasteiger partial charge in [-0.25, -0.2) is 4.98 Å². The minimum Gasteiger partial charge on any atom is -0.370 e. The van der Waals surface area contributed by atoms with E-state index >= 15 is 0 Å². The molecular formula is C15H19N5O2S.